The number of anilines is 1. The summed E-state index contributed by atoms with van der Waals surface area (Å²) in [4.78, 5) is 52.7. The van der Waals surface area contributed by atoms with Gasteiger partial charge < -0.3 is 24.6 Å². The van der Waals surface area contributed by atoms with Crippen LogP contribution in [0.15, 0.2) is 42.5 Å². The number of imide groups is 1. The third kappa shape index (κ3) is 6.62. The third-order valence-electron chi connectivity index (χ3n) is 7.63. The molecule has 2 N–H and O–H groups in total. The number of hydrogen-bond acceptors (Lipinski definition) is 7. The maximum absolute atomic E-state index is 12.8. The van der Waals surface area contributed by atoms with Gasteiger partial charge in [0, 0.05) is 49.4 Å². The highest BCUT2D eigenvalue weighted by Gasteiger charge is 2.39. The lowest BCUT2D eigenvalue weighted by Gasteiger charge is -2.29. The van der Waals surface area contributed by atoms with Crippen molar-refractivity contribution in [1.29, 1.82) is 0 Å². The zero-order chi connectivity index (χ0) is 27.9. The molecule has 10 heteroatoms. The molecule has 4 amide bonds. The van der Waals surface area contributed by atoms with Crippen molar-refractivity contribution in [3.63, 3.8) is 0 Å². The van der Waals surface area contributed by atoms with Gasteiger partial charge in [-0.2, -0.15) is 0 Å². The number of carbonyl (C=O) groups excluding carboxylic acids is 4. The zero-order valence-electron chi connectivity index (χ0n) is 22.7. The van der Waals surface area contributed by atoms with Crippen LogP contribution in [0, 0.1) is 0 Å². The second-order valence-electron chi connectivity index (χ2n) is 10.4. The van der Waals surface area contributed by atoms with Crippen LogP contribution in [-0.4, -0.2) is 74.0 Å². The minimum absolute atomic E-state index is 0.0527. The standard InChI is InChI=1S/C30H36N4O6/c35-27-12-11-26(29(37)32-27)34-20-22-19-24(9-10-25(22)30(34)38)40-16-4-2-1-3-13-31-28(36)21-5-7-23(8-6-21)33-14-17-39-18-15-33/h5-10,19,26H,1-4,11-18,20H2,(H,31,36)(H,32,35,37). The van der Waals surface area contributed by atoms with E-state index in [0.717, 1.165) is 63.2 Å². The summed E-state index contributed by atoms with van der Waals surface area (Å²) in [5, 5.41) is 5.32. The number of morpholine rings is 1. The summed E-state index contributed by atoms with van der Waals surface area (Å²) in [6, 6.07) is 12.5. The number of benzene rings is 2. The molecule has 2 aromatic rings. The lowest BCUT2D eigenvalue weighted by atomic mass is 10.0. The Morgan fingerprint density at radius 2 is 1.77 bits per heavy atom. The summed E-state index contributed by atoms with van der Waals surface area (Å²) in [5.41, 5.74) is 3.19. The van der Waals surface area contributed by atoms with Gasteiger partial charge in [0.25, 0.3) is 11.8 Å². The molecule has 212 valence electrons. The molecule has 0 aliphatic carbocycles. The number of unbranched alkanes of at least 4 members (excludes halogenated alkanes) is 3. The lowest BCUT2D eigenvalue weighted by Crippen LogP contribution is -2.52. The maximum atomic E-state index is 12.8. The van der Waals surface area contributed by atoms with Gasteiger partial charge in [-0.05, 0) is 67.3 Å². The van der Waals surface area contributed by atoms with Gasteiger partial charge in [-0.3, -0.25) is 24.5 Å². The van der Waals surface area contributed by atoms with E-state index >= 15 is 0 Å². The Bertz CT molecular complexity index is 1240. The first-order chi connectivity index (χ1) is 19.5. The van der Waals surface area contributed by atoms with Crippen molar-refractivity contribution >= 4 is 29.3 Å². The predicted molar refractivity (Wildman–Crippen MR) is 148 cm³/mol. The van der Waals surface area contributed by atoms with Gasteiger partial charge in [0.15, 0.2) is 0 Å². The predicted octanol–water partition coefficient (Wildman–Crippen LogP) is 2.65. The fourth-order valence-electron chi connectivity index (χ4n) is 5.36. The van der Waals surface area contributed by atoms with Crippen LogP contribution in [0.2, 0.25) is 0 Å². The molecule has 0 aromatic heterocycles. The van der Waals surface area contributed by atoms with Crippen molar-refractivity contribution in [2.75, 3.05) is 44.4 Å². The zero-order valence-corrected chi connectivity index (χ0v) is 22.7. The first-order valence-electron chi connectivity index (χ1n) is 14.1. The highest BCUT2D eigenvalue weighted by Crippen LogP contribution is 2.30. The van der Waals surface area contributed by atoms with Crippen molar-refractivity contribution in [3.05, 3.63) is 59.2 Å². The molecule has 0 bridgehead atoms. The van der Waals surface area contributed by atoms with E-state index in [2.05, 4.69) is 15.5 Å². The van der Waals surface area contributed by atoms with Gasteiger partial charge in [-0.15, -0.1) is 0 Å². The number of carbonyl (C=O) groups is 4. The molecule has 10 nitrogen and oxygen atoms in total. The van der Waals surface area contributed by atoms with E-state index in [1.165, 1.54) is 4.90 Å². The van der Waals surface area contributed by atoms with Gasteiger partial charge in [0.2, 0.25) is 11.8 Å². The van der Waals surface area contributed by atoms with E-state index in [1.54, 1.807) is 12.1 Å². The number of hydrogen-bond donors (Lipinski definition) is 2. The molecule has 1 unspecified atom stereocenters. The van der Waals surface area contributed by atoms with Gasteiger partial charge >= 0.3 is 0 Å². The van der Waals surface area contributed by atoms with E-state index in [0.29, 0.717) is 43.0 Å². The lowest BCUT2D eigenvalue weighted by molar-refractivity contribution is -0.136. The van der Waals surface area contributed by atoms with E-state index in [1.807, 2.05) is 30.3 Å². The van der Waals surface area contributed by atoms with Crippen molar-refractivity contribution < 1.29 is 28.7 Å². The van der Waals surface area contributed by atoms with Crippen LogP contribution in [0.25, 0.3) is 0 Å². The average molecular weight is 549 g/mol. The molecule has 0 radical (unpaired) electrons. The van der Waals surface area contributed by atoms with E-state index in [-0.39, 0.29) is 24.1 Å². The Balaban J connectivity index is 0.966. The molecule has 5 rings (SSSR count). The van der Waals surface area contributed by atoms with Gasteiger partial charge in [0.1, 0.15) is 11.8 Å². The summed E-state index contributed by atoms with van der Waals surface area (Å²) in [7, 11) is 0. The molecule has 0 saturated carbocycles. The van der Waals surface area contributed by atoms with E-state index in [9.17, 15) is 19.2 Å². The minimum Gasteiger partial charge on any atom is -0.494 e. The van der Waals surface area contributed by atoms with Crippen molar-refractivity contribution in [2.24, 2.45) is 0 Å². The number of ether oxygens (including phenoxy) is 2. The first kappa shape index (κ1) is 27.6. The second kappa shape index (κ2) is 13.0. The number of fused-ring (bicyclic) bond motifs is 1. The summed E-state index contributed by atoms with van der Waals surface area (Å²) in [6.45, 7) is 4.74. The molecular formula is C30H36N4O6. The SMILES string of the molecule is O=C1CCC(N2Cc3cc(OCCCCCCNC(=O)c4ccc(N5CCOCC5)cc4)ccc3C2=O)C(=O)N1. The Labute approximate surface area is 234 Å². The number of amides is 4. The Morgan fingerprint density at radius 1 is 1.00 bits per heavy atom. The van der Waals surface area contributed by atoms with E-state index < -0.39 is 11.9 Å². The average Bonchev–Trinajstić information content (AvgIpc) is 3.30. The Morgan fingerprint density at radius 3 is 2.55 bits per heavy atom. The highest BCUT2D eigenvalue weighted by atomic mass is 16.5. The molecule has 1 atom stereocenters. The van der Waals surface area contributed by atoms with Crippen molar-refractivity contribution in [3.8, 4) is 5.75 Å². The summed E-state index contributed by atoms with van der Waals surface area (Å²) in [6.07, 6.45) is 4.33. The molecule has 2 saturated heterocycles. The van der Waals surface area contributed by atoms with Crippen LogP contribution in [0.3, 0.4) is 0 Å². The van der Waals surface area contributed by atoms with Gasteiger partial charge in [-0.25, -0.2) is 0 Å². The smallest absolute Gasteiger partial charge is 0.255 e. The monoisotopic (exact) mass is 548 g/mol. The largest absolute Gasteiger partial charge is 0.494 e. The number of nitrogens with zero attached hydrogens (tertiary/aromatic N) is 2. The topological polar surface area (TPSA) is 117 Å². The van der Waals surface area contributed by atoms with E-state index in [4.69, 9.17) is 9.47 Å². The van der Waals surface area contributed by atoms with Gasteiger partial charge in [-0.1, -0.05) is 12.8 Å². The normalized spacial score (nSPS) is 18.9. The molecule has 40 heavy (non-hydrogen) atoms. The Hall–Kier alpha value is -3.92. The van der Waals surface area contributed by atoms with Crippen molar-refractivity contribution in [1.82, 2.24) is 15.5 Å². The minimum atomic E-state index is -0.618. The Kier molecular flexibility index (Phi) is 8.95. The summed E-state index contributed by atoms with van der Waals surface area (Å²) < 4.78 is 11.3. The summed E-state index contributed by atoms with van der Waals surface area (Å²) >= 11 is 0. The molecule has 3 aliphatic rings. The van der Waals surface area contributed by atoms with Crippen LogP contribution >= 0.6 is 0 Å². The third-order valence-corrected chi connectivity index (χ3v) is 7.63. The highest BCUT2D eigenvalue weighted by molar-refractivity contribution is 6.05. The molecule has 3 heterocycles. The number of rotatable bonds is 11. The number of nitrogens with one attached hydrogen (secondary N) is 2. The van der Waals surface area contributed by atoms with Crippen LogP contribution in [0.4, 0.5) is 5.69 Å². The summed E-state index contributed by atoms with van der Waals surface area (Å²) in [5.74, 6) is -0.247. The number of piperidine rings is 1. The molecular weight excluding hydrogens is 512 g/mol. The quantitative estimate of drug-likeness (QED) is 0.328. The molecule has 0 spiro atoms. The maximum Gasteiger partial charge on any atom is 0.255 e. The van der Waals surface area contributed by atoms with Crippen LogP contribution in [0.1, 0.15) is 64.8 Å². The fraction of sp³-hybridized carbons (Fsp3) is 0.467. The molecule has 2 aromatic carbocycles. The van der Waals surface area contributed by atoms with Crippen LogP contribution in [-0.2, 0) is 20.9 Å². The van der Waals surface area contributed by atoms with Gasteiger partial charge in [0.05, 0.1) is 19.8 Å². The molecule has 3 aliphatic heterocycles. The van der Waals surface area contributed by atoms with Crippen molar-refractivity contribution in [2.45, 2.75) is 51.1 Å². The van der Waals surface area contributed by atoms with Crippen LogP contribution in [0.5, 0.6) is 5.75 Å². The first-order valence-corrected chi connectivity index (χ1v) is 14.1. The van der Waals surface area contributed by atoms with Crippen LogP contribution < -0.4 is 20.3 Å². The second-order valence-corrected chi connectivity index (χ2v) is 10.4. The molecule has 2 fully saturated rings. The fourth-order valence-corrected chi connectivity index (χ4v) is 5.36.